The summed E-state index contributed by atoms with van der Waals surface area (Å²) in [6.07, 6.45) is 1.67. The first-order valence-corrected chi connectivity index (χ1v) is 11.1. The third-order valence-corrected chi connectivity index (χ3v) is 5.96. The van der Waals surface area contributed by atoms with E-state index in [1.165, 1.54) is 5.56 Å². The number of aromatic nitrogens is 1. The molecule has 0 saturated carbocycles. The SMILES string of the molecule is Cc1ccc(NC(=O)CN2C(=O)N/C(=C\c3cc(C)n(-c4ccc(C)cc4C)c3C)C2=O)cc1. The quantitative estimate of drug-likeness (QED) is 0.436. The molecule has 0 unspecified atom stereocenters. The molecule has 1 aliphatic rings. The van der Waals surface area contributed by atoms with Crippen molar-refractivity contribution in [2.75, 3.05) is 11.9 Å². The highest BCUT2D eigenvalue weighted by Gasteiger charge is 2.35. The van der Waals surface area contributed by atoms with E-state index in [0.29, 0.717) is 5.69 Å². The zero-order chi connectivity index (χ0) is 24.6. The summed E-state index contributed by atoms with van der Waals surface area (Å²) in [5.74, 6) is -0.970. The van der Waals surface area contributed by atoms with Gasteiger partial charge in [0, 0.05) is 22.8 Å². The van der Waals surface area contributed by atoms with Crippen LogP contribution in [0.2, 0.25) is 0 Å². The minimum atomic E-state index is -0.613. The van der Waals surface area contributed by atoms with Crippen LogP contribution in [0.1, 0.15) is 33.6 Å². The van der Waals surface area contributed by atoms with Gasteiger partial charge >= 0.3 is 6.03 Å². The fourth-order valence-corrected chi connectivity index (χ4v) is 4.21. The molecule has 1 aliphatic heterocycles. The lowest BCUT2D eigenvalue weighted by Crippen LogP contribution is -2.38. The molecule has 7 nitrogen and oxygen atoms in total. The normalized spacial score (nSPS) is 14.6. The van der Waals surface area contributed by atoms with Crippen molar-refractivity contribution in [2.24, 2.45) is 0 Å². The first-order chi connectivity index (χ1) is 16.1. The van der Waals surface area contributed by atoms with Crippen molar-refractivity contribution in [3.05, 3.63) is 87.9 Å². The maximum atomic E-state index is 12.9. The summed E-state index contributed by atoms with van der Waals surface area (Å²) in [4.78, 5) is 38.7. The molecular formula is C27H28N4O3. The zero-order valence-corrected chi connectivity index (χ0v) is 20.0. The van der Waals surface area contributed by atoms with E-state index in [1.54, 1.807) is 18.2 Å². The van der Waals surface area contributed by atoms with Crippen LogP contribution in [-0.2, 0) is 9.59 Å². The molecule has 1 saturated heterocycles. The number of amides is 4. The smallest absolute Gasteiger partial charge is 0.325 e. The van der Waals surface area contributed by atoms with E-state index in [4.69, 9.17) is 0 Å². The van der Waals surface area contributed by atoms with E-state index >= 15 is 0 Å². The number of nitrogens with one attached hydrogen (secondary N) is 2. The highest BCUT2D eigenvalue weighted by molar-refractivity contribution is 6.16. The van der Waals surface area contributed by atoms with Crippen LogP contribution in [0.3, 0.4) is 0 Å². The first-order valence-electron chi connectivity index (χ1n) is 11.1. The lowest BCUT2D eigenvalue weighted by atomic mass is 10.1. The van der Waals surface area contributed by atoms with Crippen molar-refractivity contribution >= 4 is 29.6 Å². The van der Waals surface area contributed by atoms with Gasteiger partial charge in [-0.3, -0.25) is 9.59 Å². The summed E-state index contributed by atoms with van der Waals surface area (Å²) in [5, 5.41) is 5.32. The minimum absolute atomic E-state index is 0.147. The summed E-state index contributed by atoms with van der Waals surface area (Å²) in [5.41, 5.74) is 8.03. The van der Waals surface area contributed by atoms with Crippen molar-refractivity contribution in [2.45, 2.75) is 34.6 Å². The molecule has 174 valence electrons. The number of carbonyl (C=O) groups is 3. The predicted molar refractivity (Wildman–Crippen MR) is 133 cm³/mol. The molecule has 0 bridgehead atoms. The number of aryl methyl sites for hydroxylation is 4. The number of urea groups is 1. The zero-order valence-electron chi connectivity index (χ0n) is 20.0. The van der Waals surface area contributed by atoms with Crippen LogP contribution in [0.5, 0.6) is 0 Å². The van der Waals surface area contributed by atoms with Gasteiger partial charge in [-0.2, -0.15) is 0 Å². The third-order valence-electron chi connectivity index (χ3n) is 5.96. The van der Waals surface area contributed by atoms with Gasteiger partial charge < -0.3 is 15.2 Å². The maximum Gasteiger partial charge on any atom is 0.329 e. The van der Waals surface area contributed by atoms with Gasteiger partial charge in [-0.15, -0.1) is 0 Å². The molecule has 1 aromatic heterocycles. The molecule has 0 atom stereocenters. The number of anilines is 1. The standard InChI is InChI=1S/C27H28N4O3/c1-16-6-9-22(10-7-16)28-25(32)15-30-26(33)23(29-27(30)34)14-21-13-19(4)31(20(21)5)24-11-8-17(2)12-18(24)3/h6-14H,15H2,1-5H3,(H,28,32)(H,29,34)/b23-14-. The van der Waals surface area contributed by atoms with Crippen molar-refractivity contribution in [3.8, 4) is 5.69 Å². The topological polar surface area (TPSA) is 83.4 Å². The Kier molecular flexibility index (Phi) is 6.11. The van der Waals surface area contributed by atoms with E-state index in [9.17, 15) is 14.4 Å². The second-order valence-electron chi connectivity index (χ2n) is 8.75. The second kappa shape index (κ2) is 9.02. The maximum absolute atomic E-state index is 12.9. The molecule has 2 aromatic carbocycles. The fraction of sp³-hybridized carbons (Fsp3) is 0.222. The Labute approximate surface area is 199 Å². The Hall–Kier alpha value is -4.13. The molecule has 3 aromatic rings. The number of benzene rings is 2. The Bertz CT molecular complexity index is 1330. The van der Waals surface area contributed by atoms with Crippen LogP contribution in [0.15, 0.2) is 54.2 Å². The summed E-state index contributed by atoms with van der Waals surface area (Å²) in [6.45, 7) is 9.70. The van der Waals surface area contributed by atoms with Gasteiger partial charge in [-0.05, 0) is 76.1 Å². The van der Waals surface area contributed by atoms with Gasteiger partial charge in [0.05, 0.1) is 0 Å². The Morgan fingerprint density at radius 2 is 1.62 bits per heavy atom. The lowest BCUT2D eigenvalue weighted by molar-refractivity contribution is -0.127. The highest BCUT2D eigenvalue weighted by Crippen LogP contribution is 2.26. The minimum Gasteiger partial charge on any atom is -0.325 e. The Balaban J connectivity index is 1.54. The van der Waals surface area contributed by atoms with Crippen LogP contribution in [0, 0.1) is 34.6 Å². The van der Waals surface area contributed by atoms with Crippen LogP contribution >= 0.6 is 0 Å². The van der Waals surface area contributed by atoms with Gasteiger partial charge in [0.25, 0.3) is 5.91 Å². The van der Waals surface area contributed by atoms with Crippen LogP contribution < -0.4 is 10.6 Å². The molecule has 0 aliphatic carbocycles. The van der Waals surface area contributed by atoms with E-state index < -0.39 is 17.8 Å². The molecule has 1 fully saturated rings. The molecule has 0 radical (unpaired) electrons. The molecule has 34 heavy (non-hydrogen) atoms. The van der Waals surface area contributed by atoms with E-state index in [1.807, 2.05) is 39.0 Å². The molecule has 2 N–H and O–H groups in total. The highest BCUT2D eigenvalue weighted by atomic mass is 16.2. The van der Waals surface area contributed by atoms with Gasteiger partial charge in [-0.1, -0.05) is 35.4 Å². The van der Waals surface area contributed by atoms with E-state index in [-0.39, 0.29) is 12.2 Å². The number of carbonyl (C=O) groups excluding carboxylic acids is 3. The lowest BCUT2D eigenvalue weighted by Gasteiger charge is -2.13. The average Bonchev–Trinajstić information content (AvgIpc) is 3.19. The second-order valence-corrected chi connectivity index (χ2v) is 8.75. The summed E-state index contributed by atoms with van der Waals surface area (Å²) >= 11 is 0. The fourth-order valence-electron chi connectivity index (χ4n) is 4.21. The van der Waals surface area contributed by atoms with Crippen molar-refractivity contribution in [1.29, 1.82) is 0 Å². The Morgan fingerprint density at radius 3 is 2.29 bits per heavy atom. The van der Waals surface area contributed by atoms with Crippen LogP contribution in [0.25, 0.3) is 11.8 Å². The van der Waals surface area contributed by atoms with Gasteiger partial charge in [0.1, 0.15) is 12.2 Å². The number of rotatable bonds is 5. The summed E-state index contributed by atoms with van der Waals surface area (Å²) < 4.78 is 2.13. The van der Waals surface area contributed by atoms with Gasteiger partial charge in [0.2, 0.25) is 5.91 Å². The summed E-state index contributed by atoms with van der Waals surface area (Å²) in [7, 11) is 0. The van der Waals surface area contributed by atoms with E-state index in [2.05, 4.69) is 47.2 Å². The predicted octanol–water partition coefficient (Wildman–Crippen LogP) is 4.55. The largest absolute Gasteiger partial charge is 0.329 e. The van der Waals surface area contributed by atoms with Crippen molar-refractivity contribution in [3.63, 3.8) is 0 Å². The molecule has 0 spiro atoms. The van der Waals surface area contributed by atoms with E-state index in [0.717, 1.165) is 38.7 Å². The number of imide groups is 1. The summed E-state index contributed by atoms with van der Waals surface area (Å²) in [6, 6.07) is 14.9. The van der Waals surface area contributed by atoms with Gasteiger partial charge in [0.15, 0.2) is 0 Å². The van der Waals surface area contributed by atoms with Crippen molar-refractivity contribution < 1.29 is 14.4 Å². The Morgan fingerprint density at radius 1 is 0.941 bits per heavy atom. The number of hydrogen-bond acceptors (Lipinski definition) is 3. The average molecular weight is 457 g/mol. The van der Waals surface area contributed by atoms with Crippen LogP contribution in [-0.4, -0.2) is 33.9 Å². The molecule has 4 rings (SSSR count). The monoisotopic (exact) mass is 456 g/mol. The third kappa shape index (κ3) is 4.50. The van der Waals surface area contributed by atoms with Crippen molar-refractivity contribution in [1.82, 2.24) is 14.8 Å². The van der Waals surface area contributed by atoms with Gasteiger partial charge in [-0.25, -0.2) is 9.69 Å². The molecule has 7 heteroatoms. The number of nitrogens with zero attached hydrogens (tertiary/aromatic N) is 2. The molecule has 2 heterocycles. The van der Waals surface area contributed by atoms with Crippen LogP contribution in [0.4, 0.5) is 10.5 Å². The first kappa shape index (κ1) is 23.0. The molecular weight excluding hydrogens is 428 g/mol. The number of hydrogen-bond donors (Lipinski definition) is 2. The molecule has 4 amide bonds.